The number of fused-ring (bicyclic) bond motifs is 1. The van der Waals surface area contributed by atoms with Gasteiger partial charge in [-0.3, -0.25) is 9.59 Å². The molecular formula is C22H25N5O3S2. The molecule has 32 heavy (non-hydrogen) atoms. The second kappa shape index (κ2) is 9.33. The van der Waals surface area contributed by atoms with E-state index in [9.17, 15) is 9.59 Å². The molecule has 1 aromatic carbocycles. The van der Waals surface area contributed by atoms with Gasteiger partial charge in [0.25, 0.3) is 5.91 Å². The summed E-state index contributed by atoms with van der Waals surface area (Å²) in [5, 5.41) is 12.5. The standard InChI is InChI=1S/C22H25N5O3S2/c1-12-8-9-14-16(10-12)32-21(18(14)19(23)29)24-17(28)11-31-22-26-25-20(27(22)2)13-6-4-5-7-15(13)30-3/h4-7,12H,8-11H2,1-3H3,(H2,23,29)(H,24,28). The number of hydrogen-bond donors (Lipinski definition) is 2. The molecule has 1 unspecified atom stereocenters. The van der Waals surface area contributed by atoms with Gasteiger partial charge in [0.2, 0.25) is 5.91 Å². The quantitative estimate of drug-likeness (QED) is 0.510. The summed E-state index contributed by atoms with van der Waals surface area (Å²) in [5.41, 5.74) is 7.93. The van der Waals surface area contributed by atoms with Gasteiger partial charge >= 0.3 is 0 Å². The zero-order valence-corrected chi connectivity index (χ0v) is 19.8. The Balaban J connectivity index is 1.47. The van der Waals surface area contributed by atoms with E-state index in [4.69, 9.17) is 10.5 Å². The SMILES string of the molecule is COc1ccccc1-c1nnc(SCC(=O)Nc2sc3c(c2C(N)=O)CCC(C)C3)n1C. The van der Waals surface area contributed by atoms with Gasteiger partial charge in [0.05, 0.1) is 24.0 Å². The first kappa shape index (κ1) is 22.3. The zero-order chi connectivity index (χ0) is 22.8. The highest BCUT2D eigenvalue weighted by Gasteiger charge is 2.27. The van der Waals surface area contributed by atoms with Gasteiger partial charge in [-0.2, -0.15) is 0 Å². The van der Waals surface area contributed by atoms with Crippen molar-refractivity contribution >= 4 is 39.9 Å². The van der Waals surface area contributed by atoms with Crippen molar-refractivity contribution in [3.05, 3.63) is 40.3 Å². The lowest BCUT2D eigenvalue weighted by molar-refractivity contribution is -0.113. The van der Waals surface area contributed by atoms with Crippen molar-refractivity contribution in [2.75, 3.05) is 18.2 Å². The number of thioether (sulfide) groups is 1. The third kappa shape index (κ3) is 4.37. The van der Waals surface area contributed by atoms with E-state index in [1.54, 1.807) is 7.11 Å². The average Bonchev–Trinajstić information content (AvgIpc) is 3.31. The topological polar surface area (TPSA) is 112 Å². The summed E-state index contributed by atoms with van der Waals surface area (Å²) in [6.07, 6.45) is 2.75. The lowest BCUT2D eigenvalue weighted by Gasteiger charge is -2.18. The second-order valence-electron chi connectivity index (χ2n) is 7.82. The van der Waals surface area contributed by atoms with Crippen molar-refractivity contribution in [3.63, 3.8) is 0 Å². The van der Waals surface area contributed by atoms with E-state index in [-0.39, 0.29) is 11.7 Å². The maximum Gasteiger partial charge on any atom is 0.251 e. The van der Waals surface area contributed by atoms with Crippen molar-refractivity contribution in [2.24, 2.45) is 18.7 Å². The molecule has 1 atom stereocenters. The molecule has 0 spiro atoms. The van der Waals surface area contributed by atoms with Gasteiger partial charge in [-0.1, -0.05) is 30.8 Å². The number of thiophene rings is 1. The Morgan fingerprint density at radius 3 is 2.88 bits per heavy atom. The molecule has 0 saturated heterocycles. The molecule has 1 aliphatic carbocycles. The number of benzene rings is 1. The second-order valence-corrected chi connectivity index (χ2v) is 9.87. The Morgan fingerprint density at radius 2 is 2.12 bits per heavy atom. The van der Waals surface area contributed by atoms with Crippen LogP contribution in [0.2, 0.25) is 0 Å². The van der Waals surface area contributed by atoms with Crippen molar-refractivity contribution in [2.45, 2.75) is 31.3 Å². The van der Waals surface area contributed by atoms with Crippen LogP contribution >= 0.6 is 23.1 Å². The van der Waals surface area contributed by atoms with E-state index in [1.165, 1.54) is 23.1 Å². The Hall–Kier alpha value is -2.85. The first-order chi connectivity index (χ1) is 15.4. The van der Waals surface area contributed by atoms with Crippen molar-refractivity contribution < 1.29 is 14.3 Å². The number of carbonyl (C=O) groups is 2. The number of aromatic nitrogens is 3. The van der Waals surface area contributed by atoms with E-state index < -0.39 is 5.91 Å². The number of para-hydroxylation sites is 1. The number of nitrogens with zero attached hydrogens (tertiary/aromatic N) is 3. The fourth-order valence-corrected chi connectivity index (χ4v) is 6.04. The number of ether oxygens (including phenoxy) is 1. The van der Waals surface area contributed by atoms with Crippen molar-refractivity contribution in [1.82, 2.24) is 14.8 Å². The van der Waals surface area contributed by atoms with Gasteiger partial charge in [0.1, 0.15) is 10.8 Å². The number of rotatable bonds is 7. The highest BCUT2D eigenvalue weighted by atomic mass is 32.2. The fraction of sp³-hybridized carbons (Fsp3) is 0.364. The Kier molecular flexibility index (Phi) is 6.52. The first-order valence-corrected chi connectivity index (χ1v) is 12.1. The van der Waals surface area contributed by atoms with Gasteiger partial charge in [-0.15, -0.1) is 21.5 Å². The van der Waals surface area contributed by atoms with Crippen LogP contribution in [-0.4, -0.2) is 39.4 Å². The van der Waals surface area contributed by atoms with Crippen LogP contribution in [0.3, 0.4) is 0 Å². The summed E-state index contributed by atoms with van der Waals surface area (Å²) >= 11 is 2.74. The Bertz CT molecular complexity index is 1170. The minimum atomic E-state index is -0.491. The smallest absolute Gasteiger partial charge is 0.251 e. The molecule has 0 aliphatic heterocycles. The van der Waals surface area contributed by atoms with Crippen LogP contribution in [0.5, 0.6) is 5.75 Å². The monoisotopic (exact) mass is 471 g/mol. The van der Waals surface area contributed by atoms with Crippen LogP contribution < -0.4 is 15.8 Å². The third-order valence-corrected chi connectivity index (χ3v) is 7.72. The molecule has 4 rings (SSSR count). The maximum absolute atomic E-state index is 12.7. The van der Waals surface area contributed by atoms with E-state index in [0.717, 1.165) is 35.3 Å². The molecule has 2 aromatic heterocycles. The third-order valence-electron chi connectivity index (χ3n) is 5.53. The molecule has 0 fully saturated rings. The highest BCUT2D eigenvalue weighted by Crippen LogP contribution is 2.39. The molecule has 3 N–H and O–H groups in total. The van der Waals surface area contributed by atoms with Gasteiger partial charge in [-0.25, -0.2) is 0 Å². The molecule has 8 nitrogen and oxygen atoms in total. The number of hydrogen-bond acceptors (Lipinski definition) is 7. The fourth-order valence-electron chi connectivity index (χ4n) is 3.90. The summed E-state index contributed by atoms with van der Waals surface area (Å²) in [6, 6.07) is 7.57. The van der Waals surface area contributed by atoms with Crippen molar-refractivity contribution in [1.29, 1.82) is 0 Å². The number of nitrogens with two attached hydrogens (primary N) is 1. The number of amides is 2. The molecular weight excluding hydrogens is 446 g/mol. The van der Waals surface area contributed by atoms with Crippen LogP contribution in [0.15, 0.2) is 29.4 Å². The molecule has 3 aromatic rings. The van der Waals surface area contributed by atoms with Gasteiger partial charge in [0, 0.05) is 11.9 Å². The molecule has 2 amide bonds. The molecule has 2 heterocycles. The van der Waals surface area contributed by atoms with E-state index in [0.29, 0.717) is 33.2 Å². The molecule has 0 radical (unpaired) electrons. The van der Waals surface area contributed by atoms with Crippen molar-refractivity contribution in [3.8, 4) is 17.1 Å². The van der Waals surface area contributed by atoms with Crippen LogP contribution in [0.25, 0.3) is 11.4 Å². The largest absolute Gasteiger partial charge is 0.496 e. The van der Waals surface area contributed by atoms with E-state index >= 15 is 0 Å². The summed E-state index contributed by atoms with van der Waals surface area (Å²) in [4.78, 5) is 25.9. The molecule has 1 aliphatic rings. The van der Waals surface area contributed by atoms with Gasteiger partial charge in [-0.05, 0) is 42.9 Å². The Labute approximate surface area is 194 Å². The lowest BCUT2D eigenvalue weighted by Crippen LogP contribution is -2.20. The summed E-state index contributed by atoms with van der Waals surface area (Å²) in [6.45, 7) is 2.20. The van der Waals surface area contributed by atoms with Crippen LogP contribution in [0.4, 0.5) is 5.00 Å². The average molecular weight is 472 g/mol. The highest BCUT2D eigenvalue weighted by molar-refractivity contribution is 7.99. The van der Waals surface area contributed by atoms with Crippen LogP contribution in [0, 0.1) is 5.92 Å². The zero-order valence-electron chi connectivity index (χ0n) is 18.2. The predicted molar refractivity (Wildman–Crippen MR) is 126 cm³/mol. The molecule has 0 bridgehead atoms. The number of methoxy groups -OCH3 is 1. The summed E-state index contributed by atoms with van der Waals surface area (Å²) < 4.78 is 7.24. The normalized spacial score (nSPS) is 15.3. The Morgan fingerprint density at radius 1 is 1.34 bits per heavy atom. The number of primary amides is 1. The first-order valence-electron chi connectivity index (χ1n) is 10.3. The molecule has 10 heteroatoms. The van der Waals surface area contributed by atoms with E-state index in [2.05, 4.69) is 22.4 Å². The maximum atomic E-state index is 12.7. The van der Waals surface area contributed by atoms with Gasteiger partial charge in [0.15, 0.2) is 11.0 Å². The summed E-state index contributed by atoms with van der Waals surface area (Å²) in [5.74, 6) is 1.35. The minimum Gasteiger partial charge on any atom is -0.496 e. The summed E-state index contributed by atoms with van der Waals surface area (Å²) in [7, 11) is 3.46. The number of anilines is 1. The van der Waals surface area contributed by atoms with Crippen LogP contribution in [-0.2, 0) is 24.7 Å². The predicted octanol–water partition coefficient (Wildman–Crippen LogP) is 3.51. The lowest BCUT2D eigenvalue weighted by atomic mass is 9.88. The minimum absolute atomic E-state index is 0.134. The number of nitrogens with one attached hydrogen (secondary N) is 1. The van der Waals surface area contributed by atoms with E-state index in [1.807, 2.05) is 35.9 Å². The molecule has 168 valence electrons. The van der Waals surface area contributed by atoms with Gasteiger partial charge < -0.3 is 20.4 Å². The number of carbonyl (C=O) groups excluding carboxylic acids is 2. The van der Waals surface area contributed by atoms with Crippen LogP contribution in [0.1, 0.15) is 34.1 Å². The molecule has 0 saturated carbocycles.